The molecule has 0 bridgehead atoms. The van der Waals surface area contributed by atoms with Gasteiger partial charge >= 0.3 is 0 Å². The van der Waals surface area contributed by atoms with Crippen LogP contribution < -0.4 is 10.6 Å². The van der Waals surface area contributed by atoms with E-state index in [0.29, 0.717) is 24.3 Å². The van der Waals surface area contributed by atoms with Crippen molar-refractivity contribution in [3.8, 4) is 10.6 Å². The molecule has 3 aromatic heterocycles. The summed E-state index contributed by atoms with van der Waals surface area (Å²) in [4.78, 5) is 29.4. The molecular formula is C18H21N5O2S. The lowest BCUT2D eigenvalue weighted by Gasteiger charge is -2.10. The molecule has 3 rings (SSSR count). The molecule has 0 aliphatic rings. The second-order valence-electron chi connectivity index (χ2n) is 6.19. The first-order valence-electron chi connectivity index (χ1n) is 8.42. The largest absolute Gasteiger partial charge is 0.355 e. The van der Waals surface area contributed by atoms with Crippen molar-refractivity contribution in [3.05, 3.63) is 35.3 Å². The van der Waals surface area contributed by atoms with Crippen LogP contribution in [0.25, 0.3) is 21.6 Å². The van der Waals surface area contributed by atoms with Gasteiger partial charge in [0.1, 0.15) is 0 Å². The van der Waals surface area contributed by atoms with Crippen LogP contribution in [-0.4, -0.2) is 39.7 Å². The molecule has 136 valence electrons. The first-order valence-corrected chi connectivity index (χ1v) is 9.30. The van der Waals surface area contributed by atoms with Crippen molar-refractivity contribution in [3.63, 3.8) is 0 Å². The number of fused-ring (bicyclic) bond motifs is 1. The minimum atomic E-state index is -0.205. The highest BCUT2D eigenvalue weighted by Gasteiger charge is 2.18. The fourth-order valence-electron chi connectivity index (χ4n) is 2.64. The monoisotopic (exact) mass is 371 g/mol. The van der Waals surface area contributed by atoms with Crippen molar-refractivity contribution in [2.75, 3.05) is 13.1 Å². The number of carbonyl (C=O) groups is 2. The fraction of sp³-hybridized carbons (Fsp3) is 0.333. The highest BCUT2D eigenvalue weighted by atomic mass is 32.1. The van der Waals surface area contributed by atoms with E-state index in [1.807, 2.05) is 36.0 Å². The number of nitrogens with one attached hydrogen (secondary N) is 2. The van der Waals surface area contributed by atoms with Crippen molar-refractivity contribution in [2.45, 2.75) is 26.8 Å². The summed E-state index contributed by atoms with van der Waals surface area (Å²) >= 11 is 1.58. The van der Waals surface area contributed by atoms with Gasteiger partial charge in [-0.2, -0.15) is 5.10 Å². The van der Waals surface area contributed by atoms with Crippen molar-refractivity contribution >= 4 is 34.2 Å². The van der Waals surface area contributed by atoms with E-state index in [4.69, 9.17) is 4.98 Å². The Bertz CT molecular complexity index is 931. The molecule has 0 atom stereocenters. The van der Waals surface area contributed by atoms with Crippen molar-refractivity contribution in [1.29, 1.82) is 0 Å². The molecule has 0 unspecified atom stereocenters. The lowest BCUT2D eigenvalue weighted by atomic mass is 10.1. The van der Waals surface area contributed by atoms with E-state index in [1.54, 1.807) is 23.6 Å². The Kier molecular flexibility index (Phi) is 5.32. The molecule has 0 spiro atoms. The first-order chi connectivity index (χ1) is 12.5. The number of rotatable bonds is 6. The van der Waals surface area contributed by atoms with Crippen molar-refractivity contribution in [1.82, 2.24) is 25.4 Å². The molecular weight excluding hydrogens is 350 g/mol. The second-order valence-corrected chi connectivity index (χ2v) is 7.14. The summed E-state index contributed by atoms with van der Waals surface area (Å²) in [6.07, 6.45) is 1.68. The first kappa shape index (κ1) is 18.1. The minimum Gasteiger partial charge on any atom is -0.355 e. The predicted octanol–water partition coefficient (Wildman–Crippen LogP) is 2.61. The van der Waals surface area contributed by atoms with Gasteiger partial charge in [0.2, 0.25) is 5.91 Å². The zero-order valence-corrected chi connectivity index (χ0v) is 15.8. The van der Waals surface area contributed by atoms with Crippen LogP contribution in [0.2, 0.25) is 0 Å². The van der Waals surface area contributed by atoms with Gasteiger partial charge in [-0.1, -0.05) is 6.07 Å². The molecule has 2 amide bonds. The SMILES string of the molecule is CC(=O)NCCNC(=O)c1cc(-c2cccs2)nc2c1cnn2C(C)C. The van der Waals surface area contributed by atoms with Gasteiger partial charge in [-0.05, 0) is 31.4 Å². The molecule has 7 nitrogen and oxygen atoms in total. The van der Waals surface area contributed by atoms with Gasteiger partial charge in [-0.15, -0.1) is 11.3 Å². The van der Waals surface area contributed by atoms with Crippen LogP contribution in [0.1, 0.15) is 37.2 Å². The number of aromatic nitrogens is 3. The van der Waals surface area contributed by atoms with Gasteiger partial charge in [-0.3, -0.25) is 9.59 Å². The maximum Gasteiger partial charge on any atom is 0.252 e. The average molecular weight is 371 g/mol. The van der Waals surface area contributed by atoms with Gasteiger partial charge < -0.3 is 10.6 Å². The van der Waals surface area contributed by atoms with E-state index >= 15 is 0 Å². The Morgan fingerprint density at radius 1 is 1.27 bits per heavy atom. The number of hydrogen-bond donors (Lipinski definition) is 2. The number of thiophene rings is 1. The molecule has 0 aliphatic heterocycles. The Balaban J connectivity index is 1.97. The zero-order valence-electron chi connectivity index (χ0n) is 14.9. The summed E-state index contributed by atoms with van der Waals surface area (Å²) in [6, 6.07) is 5.87. The van der Waals surface area contributed by atoms with Crippen LogP contribution >= 0.6 is 11.3 Å². The maximum absolute atomic E-state index is 12.7. The lowest BCUT2D eigenvalue weighted by molar-refractivity contribution is -0.118. The summed E-state index contributed by atoms with van der Waals surface area (Å²) in [7, 11) is 0. The summed E-state index contributed by atoms with van der Waals surface area (Å²) in [6.45, 7) is 6.24. The van der Waals surface area contributed by atoms with Crippen molar-refractivity contribution in [2.24, 2.45) is 0 Å². The third-order valence-corrected chi connectivity index (χ3v) is 4.75. The molecule has 26 heavy (non-hydrogen) atoms. The van der Waals surface area contributed by atoms with Crippen LogP contribution in [0.4, 0.5) is 0 Å². The Morgan fingerprint density at radius 3 is 2.69 bits per heavy atom. The second kappa shape index (κ2) is 7.65. The van der Waals surface area contributed by atoms with E-state index in [-0.39, 0.29) is 17.9 Å². The zero-order chi connectivity index (χ0) is 18.7. The van der Waals surface area contributed by atoms with Gasteiger partial charge in [0.05, 0.1) is 27.7 Å². The normalized spacial score (nSPS) is 11.1. The number of nitrogens with zero attached hydrogens (tertiary/aromatic N) is 3. The number of carbonyl (C=O) groups excluding carboxylic acids is 2. The molecule has 3 aromatic rings. The Hall–Kier alpha value is -2.74. The number of hydrogen-bond acceptors (Lipinski definition) is 5. The van der Waals surface area contributed by atoms with E-state index < -0.39 is 0 Å². The standard InChI is InChI=1S/C18H21N5O2S/c1-11(2)23-17-14(10-21-23)13(18(25)20-7-6-19-12(3)24)9-15(22-17)16-5-4-8-26-16/h4-5,8-11H,6-7H2,1-3H3,(H,19,24)(H,20,25). The van der Waals surface area contributed by atoms with Crippen LogP contribution in [-0.2, 0) is 4.79 Å². The molecule has 0 radical (unpaired) electrons. The van der Waals surface area contributed by atoms with E-state index in [2.05, 4.69) is 15.7 Å². The molecule has 0 aliphatic carbocycles. The molecule has 0 fully saturated rings. The van der Waals surface area contributed by atoms with Crippen LogP contribution in [0.5, 0.6) is 0 Å². The topological polar surface area (TPSA) is 88.9 Å². The number of amides is 2. The molecule has 0 aromatic carbocycles. The van der Waals surface area contributed by atoms with Crippen molar-refractivity contribution < 1.29 is 9.59 Å². The third-order valence-electron chi connectivity index (χ3n) is 3.86. The molecule has 3 heterocycles. The van der Waals surface area contributed by atoms with Gasteiger partial charge in [-0.25, -0.2) is 9.67 Å². The van der Waals surface area contributed by atoms with Crippen LogP contribution in [0.3, 0.4) is 0 Å². The van der Waals surface area contributed by atoms with E-state index in [9.17, 15) is 9.59 Å². The smallest absolute Gasteiger partial charge is 0.252 e. The van der Waals surface area contributed by atoms with E-state index in [1.165, 1.54) is 6.92 Å². The minimum absolute atomic E-state index is 0.122. The average Bonchev–Trinajstić information content (AvgIpc) is 3.26. The summed E-state index contributed by atoms with van der Waals surface area (Å²) in [5, 5.41) is 12.6. The van der Waals surface area contributed by atoms with Gasteiger partial charge in [0.15, 0.2) is 5.65 Å². The Labute approximate surface area is 155 Å². The van der Waals surface area contributed by atoms with Gasteiger partial charge in [0.25, 0.3) is 5.91 Å². The highest BCUT2D eigenvalue weighted by molar-refractivity contribution is 7.13. The summed E-state index contributed by atoms with van der Waals surface area (Å²) in [5.41, 5.74) is 1.98. The summed E-state index contributed by atoms with van der Waals surface area (Å²) < 4.78 is 1.82. The third kappa shape index (κ3) is 3.75. The summed E-state index contributed by atoms with van der Waals surface area (Å²) in [5.74, 6) is -0.326. The Morgan fingerprint density at radius 2 is 2.04 bits per heavy atom. The molecule has 0 saturated carbocycles. The predicted molar refractivity (Wildman–Crippen MR) is 102 cm³/mol. The van der Waals surface area contributed by atoms with Crippen LogP contribution in [0, 0.1) is 0 Å². The lowest BCUT2D eigenvalue weighted by Crippen LogP contribution is -2.33. The van der Waals surface area contributed by atoms with Gasteiger partial charge in [0, 0.05) is 26.1 Å². The maximum atomic E-state index is 12.7. The van der Waals surface area contributed by atoms with E-state index in [0.717, 1.165) is 16.0 Å². The highest BCUT2D eigenvalue weighted by Crippen LogP contribution is 2.28. The number of pyridine rings is 1. The molecule has 8 heteroatoms. The molecule has 2 N–H and O–H groups in total. The van der Waals surface area contributed by atoms with Crippen LogP contribution in [0.15, 0.2) is 29.8 Å². The quantitative estimate of drug-likeness (QED) is 0.652. The molecule has 0 saturated heterocycles. The fourth-order valence-corrected chi connectivity index (χ4v) is 3.33.